The van der Waals surface area contributed by atoms with Gasteiger partial charge in [-0.05, 0) is 11.6 Å². The first-order chi connectivity index (χ1) is 10.5. The Kier molecular flexibility index (Phi) is 5.63. The summed E-state index contributed by atoms with van der Waals surface area (Å²) in [5, 5.41) is 20.8. The third-order valence-electron chi connectivity index (χ3n) is 3.89. The van der Waals surface area contributed by atoms with Crippen LogP contribution < -0.4 is 5.32 Å². The van der Waals surface area contributed by atoms with E-state index in [0.29, 0.717) is 0 Å². The molecule has 0 aliphatic heterocycles. The number of aliphatic hydroxyl groups is 2. The van der Waals surface area contributed by atoms with Crippen LogP contribution in [0.25, 0.3) is 0 Å². The molecule has 3 nitrogen and oxygen atoms in total. The molecule has 0 saturated heterocycles. The van der Waals surface area contributed by atoms with E-state index in [9.17, 15) is 22.7 Å². The number of rotatable bonds is 5. The minimum atomic E-state index is -2.13. The predicted octanol–water partition coefficient (Wildman–Crippen LogP) is 2.29. The topological polar surface area (TPSA) is 52.5 Å². The Hall–Kier alpha value is -1.34. The molecule has 1 aliphatic rings. The smallest absolute Gasteiger partial charge is 0.141 e. The molecule has 5 atom stereocenters. The lowest BCUT2D eigenvalue weighted by molar-refractivity contribution is -0.00552. The molecule has 3 N–H and O–H groups in total. The Bertz CT molecular complexity index is 476. The van der Waals surface area contributed by atoms with Crippen molar-refractivity contribution in [2.45, 2.75) is 43.1 Å². The van der Waals surface area contributed by atoms with Gasteiger partial charge in [0.25, 0.3) is 0 Å². The fourth-order valence-electron chi connectivity index (χ4n) is 2.68. The van der Waals surface area contributed by atoms with Crippen LogP contribution in [0, 0.1) is 0 Å². The number of hydrogen-bond acceptors (Lipinski definition) is 3. The second-order valence-electron chi connectivity index (χ2n) is 5.49. The van der Waals surface area contributed by atoms with Crippen molar-refractivity contribution in [1.82, 2.24) is 0 Å². The number of anilines is 1. The van der Waals surface area contributed by atoms with Crippen molar-refractivity contribution in [3.63, 3.8) is 0 Å². The highest BCUT2D eigenvalue weighted by Crippen LogP contribution is 2.42. The van der Waals surface area contributed by atoms with Crippen molar-refractivity contribution in [2.24, 2.45) is 0 Å². The summed E-state index contributed by atoms with van der Waals surface area (Å²) in [4.78, 5) is 0. The Balaban J connectivity index is 2.26. The molecule has 2 rings (SSSR count). The second kappa shape index (κ2) is 7.28. The predicted molar refractivity (Wildman–Crippen MR) is 75.0 cm³/mol. The van der Waals surface area contributed by atoms with E-state index in [2.05, 4.69) is 5.32 Å². The van der Waals surface area contributed by atoms with Crippen LogP contribution in [-0.2, 0) is 0 Å². The minimum Gasteiger partial charge on any atom is -0.394 e. The van der Waals surface area contributed by atoms with Crippen molar-refractivity contribution in [2.75, 3.05) is 18.5 Å². The molecule has 0 heterocycles. The lowest BCUT2D eigenvalue weighted by Crippen LogP contribution is -2.44. The summed E-state index contributed by atoms with van der Waals surface area (Å²) in [6.07, 6.45) is -10.2. The van der Waals surface area contributed by atoms with Gasteiger partial charge in [-0.3, -0.25) is 0 Å². The van der Waals surface area contributed by atoms with Crippen molar-refractivity contribution in [3.8, 4) is 0 Å². The maximum Gasteiger partial charge on any atom is 0.141 e. The molecule has 0 bridgehead atoms. The highest BCUT2D eigenvalue weighted by Gasteiger charge is 2.47. The summed E-state index contributed by atoms with van der Waals surface area (Å²) in [5.74, 6) is -1.55. The van der Waals surface area contributed by atoms with Gasteiger partial charge in [0.15, 0.2) is 0 Å². The zero-order valence-electron chi connectivity index (χ0n) is 11.8. The Labute approximate surface area is 126 Å². The first-order valence-electron chi connectivity index (χ1n) is 7.13. The maximum atomic E-state index is 14.1. The standard InChI is InChI=1S/C15H19F4NO2/c16-10-5-11(17)15(19)13(14(10)18)9-3-1-2-4-12(9)20-6-8(22)7-21/h1-4,8,10-11,13-15,20-22H,5-7H2. The molecule has 5 unspecified atom stereocenters. The number of alkyl halides is 4. The van der Waals surface area contributed by atoms with Gasteiger partial charge in [-0.2, -0.15) is 0 Å². The monoisotopic (exact) mass is 321 g/mol. The third kappa shape index (κ3) is 3.52. The fourth-order valence-corrected chi connectivity index (χ4v) is 2.68. The number of aliphatic hydroxyl groups excluding tert-OH is 2. The maximum absolute atomic E-state index is 14.1. The second-order valence-corrected chi connectivity index (χ2v) is 5.49. The summed E-state index contributed by atoms with van der Waals surface area (Å²) in [6, 6.07) is 6.04. The van der Waals surface area contributed by atoms with Crippen LogP contribution in [0.3, 0.4) is 0 Å². The van der Waals surface area contributed by atoms with E-state index >= 15 is 0 Å². The number of nitrogens with one attached hydrogen (secondary N) is 1. The van der Waals surface area contributed by atoms with Gasteiger partial charge in [0.1, 0.15) is 24.7 Å². The van der Waals surface area contributed by atoms with Crippen LogP contribution in [-0.4, -0.2) is 54.2 Å². The average molecular weight is 321 g/mol. The number of halogens is 4. The molecule has 1 aromatic rings. The highest BCUT2D eigenvalue weighted by molar-refractivity contribution is 5.54. The Morgan fingerprint density at radius 3 is 2.27 bits per heavy atom. The summed E-state index contributed by atoms with van der Waals surface area (Å²) in [7, 11) is 0. The van der Waals surface area contributed by atoms with Gasteiger partial charge in [-0.15, -0.1) is 0 Å². The van der Waals surface area contributed by atoms with Gasteiger partial charge in [0.05, 0.1) is 18.6 Å². The van der Waals surface area contributed by atoms with Crippen LogP contribution >= 0.6 is 0 Å². The fraction of sp³-hybridized carbons (Fsp3) is 0.600. The van der Waals surface area contributed by atoms with E-state index in [1.807, 2.05) is 0 Å². The highest BCUT2D eigenvalue weighted by atomic mass is 19.2. The SMILES string of the molecule is OCC(O)CNc1ccccc1C1C(F)C(F)CC(F)C1F. The van der Waals surface area contributed by atoms with Crippen LogP contribution in [0.2, 0.25) is 0 Å². The number of hydrogen-bond donors (Lipinski definition) is 3. The van der Waals surface area contributed by atoms with Gasteiger partial charge >= 0.3 is 0 Å². The zero-order chi connectivity index (χ0) is 16.3. The molecule has 0 radical (unpaired) electrons. The average Bonchev–Trinajstić information content (AvgIpc) is 2.52. The Morgan fingerprint density at radius 1 is 1.09 bits per heavy atom. The van der Waals surface area contributed by atoms with Crippen LogP contribution in [0.1, 0.15) is 17.9 Å². The lowest BCUT2D eigenvalue weighted by Gasteiger charge is -2.35. The Morgan fingerprint density at radius 2 is 1.68 bits per heavy atom. The number of para-hydroxylation sites is 1. The summed E-state index contributed by atoms with van der Waals surface area (Å²) in [6.45, 7) is -0.526. The zero-order valence-corrected chi connectivity index (χ0v) is 11.8. The molecule has 1 saturated carbocycles. The van der Waals surface area contributed by atoms with Gasteiger partial charge in [-0.25, -0.2) is 17.6 Å². The van der Waals surface area contributed by atoms with Crippen LogP contribution in [0.4, 0.5) is 23.2 Å². The van der Waals surface area contributed by atoms with E-state index in [1.54, 1.807) is 6.07 Å². The van der Waals surface area contributed by atoms with Crippen molar-refractivity contribution in [1.29, 1.82) is 0 Å². The quantitative estimate of drug-likeness (QED) is 0.730. The van der Waals surface area contributed by atoms with E-state index in [4.69, 9.17) is 5.11 Å². The van der Waals surface area contributed by atoms with E-state index in [1.165, 1.54) is 18.2 Å². The lowest BCUT2D eigenvalue weighted by atomic mass is 9.78. The normalized spacial score (nSPS) is 33.5. The molecule has 0 amide bonds. The summed E-state index contributed by atoms with van der Waals surface area (Å²) in [5.41, 5.74) is 0.407. The first-order valence-corrected chi connectivity index (χ1v) is 7.13. The minimum absolute atomic E-state index is 0.0494. The summed E-state index contributed by atoms with van der Waals surface area (Å²) < 4.78 is 55.3. The molecule has 1 aliphatic carbocycles. The molecule has 22 heavy (non-hydrogen) atoms. The van der Waals surface area contributed by atoms with E-state index < -0.39 is 49.7 Å². The van der Waals surface area contributed by atoms with Crippen molar-refractivity contribution in [3.05, 3.63) is 29.8 Å². The van der Waals surface area contributed by atoms with Gasteiger partial charge in [-0.1, -0.05) is 18.2 Å². The third-order valence-corrected chi connectivity index (χ3v) is 3.89. The summed E-state index contributed by atoms with van der Waals surface area (Å²) >= 11 is 0. The molecule has 124 valence electrons. The molecule has 0 spiro atoms. The molecular formula is C15H19F4NO2. The van der Waals surface area contributed by atoms with E-state index in [0.717, 1.165) is 0 Å². The first kappa shape index (κ1) is 17.0. The molecule has 0 aromatic heterocycles. The van der Waals surface area contributed by atoms with Gasteiger partial charge in [0.2, 0.25) is 0 Å². The molecule has 7 heteroatoms. The largest absolute Gasteiger partial charge is 0.394 e. The van der Waals surface area contributed by atoms with E-state index in [-0.39, 0.29) is 17.8 Å². The van der Waals surface area contributed by atoms with Gasteiger partial charge < -0.3 is 15.5 Å². The van der Waals surface area contributed by atoms with Gasteiger partial charge in [0, 0.05) is 18.7 Å². The molecule has 1 aromatic carbocycles. The van der Waals surface area contributed by atoms with Crippen LogP contribution in [0.5, 0.6) is 0 Å². The van der Waals surface area contributed by atoms with Crippen molar-refractivity contribution < 1.29 is 27.8 Å². The molecule has 1 fully saturated rings. The van der Waals surface area contributed by atoms with Crippen LogP contribution in [0.15, 0.2) is 24.3 Å². The van der Waals surface area contributed by atoms with Crippen molar-refractivity contribution >= 4 is 5.69 Å². The molecular weight excluding hydrogens is 302 g/mol. The number of benzene rings is 1.